The van der Waals surface area contributed by atoms with Gasteiger partial charge in [-0.3, -0.25) is 0 Å². The topological polar surface area (TPSA) is 65.2 Å². The third kappa shape index (κ3) is 2.51. The molecule has 0 aromatic carbocycles. The standard InChI is InChI=1S/C13H11ClF2N2O2/c1-20-13(19)12-8(14)10(17)9(16)11(18-12)6-3-2-4-7(15)5-6/h2,4-6H,3H2,1H3,(H2,17,18). The molecule has 1 aromatic heterocycles. The lowest BCUT2D eigenvalue weighted by molar-refractivity contribution is 0.0594. The van der Waals surface area contributed by atoms with Gasteiger partial charge in [-0.05, 0) is 18.6 Å². The average molecular weight is 301 g/mol. The van der Waals surface area contributed by atoms with E-state index in [-0.39, 0.29) is 16.4 Å². The molecule has 1 unspecified atom stereocenters. The van der Waals surface area contributed by atoms with Gasteiger partial charge in [-0.1, -0.05) is 17.7 Å². The van der Waals surface area contributed by atoms with E-state index in [0.717, 1.165) is 7.11 Å². The van der Waals surface area contributed by atoms with E-state index in [1.54, 1.807) is 6.08 Å². The van der Waals surface area contributed by atoms with Crippen LogP contribution in [-0.2, 0) is 4.74 Å². The van der Waals surface area contributed by atoms with Crippen LogP contribution in [0.2, 0.25) is 5.02 Å². The van der Waals surface area contributed by atoms with Gasteiger partial charge in [-0.2, -0.15) is 0 Å². The predicted molar refractivity (Wildman–Crippen MR) is 70.6 cm³/mol. The number of esters is 1. The first kappa shape index (κ1) is 14.5. The van der Waals surface area contributed by atoms with Crippen LogP contribution in [0.15, 0.2) is 24.1 Å². The fourth-order valence-corrected chi connectivity index (χ4v) is 2.09. The molecule has 1 heterocycles. The van der Waals surface area contributed by atoms with Gasteiger partial charge in [-0.15, -0.1) is 0 Å². The maximum absolute atomic E-state index is 14.1. The molecule has 1 aromatic rings. The third-order valence-electron chi connectivity index (χ3n) is 2.90. The summed E-state index contributed by atoms with van der Waals surface area (Å²) >= 11 is 5.78. The second-order valence-corrected chi connectivity index (χ2v) is 4.55. The Kier molecular flexibility index (Phi) is 4.04. The Balaban J connectivity index is 2.56. The molecular formula is C13H11ClF2N2O2. The van der Waals surface area contributed by atoms with Crippen LogP contribution in [0.5, 0.6) is 0 Å². The van der Waals surface area contributed by atoms with Gasteiger partial charge in [0.25, 0.3) is 0 Å². The minimum absolute atomic E-state index is 0.133. The van der Waals surface area contributed by atoms with Gasteiger partial charge in [-0.25, -0.2) is 18.6 Å². The zero-order valence-corrected chi connectivity index (χ0v) is 11.2. The largest absolute Gasteiger partial charge is 0.464 e. The smallest absolute Gasteiger partial charge is 0.358 e. The number of pyridine rings is 1. The Hall–Kier alpha value is -1.95. The van der Waals surface area contributed by atoms with Crippen LogP contribution in [0.25, 0.3) is 0 Å². The van der Waals surface area contributed by atoms with Crippen LogP contribution < -0.4 is 5.73 Å². The van der Waals surface area contributed by atoms with Crippen molar-refractivity contribution in [3.05, 3.63) is 46.3 Å². The number of nitrogen functional groups attached to an aromatic ring is 1. The van der Waals surface area contributed by atoms with Gasteiger partial charge in [0.05, 0.1) is 23.5 Å². The summed E-state index contributed by atoms with van der Waals surface area (Å²) in [5.74, 6) is -2.84. The van der Waals surface area contributed by atoms with Gasteiger partial charge in [0.2, 0.25) is 0 Å². The number of carbonyl (C=O) groups is 1. The molecule has 0 amide bonds. The van der Waals surface area contributed by atoms with E-state index in [9.17, 15) is 13.6 Å². The molecule has 2 N–H and O–H groups in total. The highest BCUT2D eigenvalue weighted by Gasteiger charge is 2.26. The quantitative estimate of drug-likeness (QED) is 0.852. The molecule has 1 aliphatic rings. The third-order valence-corrected chi connectivity index (χ3v) is 3.28. The second-order valence-electron chi connectivity index (χ2n) is 4.17. The fraction of sp³-hybridized carbons (Fsp3) is 0.231. The Morgan fingerprint density at radius 1 is 1.55 bits per heavy atom. The van der Waals surface area contributed by atoms with Gasteiger partial charge >= 0.3 is 5.97 Å². The number of aromatic nitrogens is 1. The lowest BCUT2D eigenvalue weighted by Crippen LogP contribution is -2.14. The predicted octanol–water partition coefficient (Wildman–Crippen LogP) is 3.14. The summed E-state index contributed by atoms with van der Waals surface area (Å²) in [5.41, 5.74) is 4.71. The summed E-state index contributed by atoms with van der Waals surface area (Å²) < 4.78 is 31.9. The van der Waals surface area contributed by atoms with E-state index in [1.807, 2.05) is 0 Å². The minimum atomic E-state index is -0.855. The highest BCUT2D eigenvalue weighted by molar-refractivity contribution is 6.35. The van der Waals surface area contributed by atoms with Crippen molar-refractivity contribution in [1.82, 2.24) is 4.98 Å². The molecule has 0 saturated carbocycles. The summed E-state index contributed by atoms with van der Waals surface area (Å²) in [5, 5.41) is -0.311. The van der Waals surface area contributed by atoms with Crippen LogP contribution in [0, 0.1) is 5.82 Å². The van der Waals surface area contributed by atoms with Crippen molar-refractivity contribution in [2.45, 2.75) is 12.3 Å². The number of allylic oxidation sites excluding steroid dienone is 4. The number of hydrogen-bond acceptors (Lipinski definition) is 4. The van der Waals surface area contributed by atoms with E-state index in [2.05, 4.69) is 9.72 Å². The second kappa shape index (κ2) is 5.58. The number of halogens is 3. The number of nitrogens with zero attached hydrogens (tertiary/aromatic N) is 1. The van der Waals surface area contributed by atoms with E-state index < -0.39 is 29.2 Å². The number of nitrogens with two attached hydrogens (primary N) is 1. The van der Waals surface area contributed by atoms with Crippen molar-refractivity contribution >= 4 is 23.3 Å². The molecule has 106 valence electrons. The molecule has 1 aliphatic carbocycles. The van der Waals surface area contributed by atoms with Crippen molar-refractivity contribution in [1.29, 1.82) is 0 Å². The molecule has 4 nitrogen and oxygen atoms in total. The van der Waals surface area contributed by atoms with Gasteiger partial charge in [0.15, 0.2) is 11.5 Å². The molecule has 0 fully saturated rings. The van der Waals surface area contributed by atoms with Gasteiger partial charge < -0.3 is 10.5 Å². The summed E-state index contributed by atoms with van der Waals surface area (Å²) in [4.78, 5) is 15.4. The zero-order chi connectivity index (χ0) is 14.9. The van der Waals surface area contributed by atoms with E-state index in [0.29, 0.717) is 6.42 Å². The number of hydrogen-bond donors (Lipinski definition) is 1. The van der Waals surface area contributed by atoms with Crippen LogP contribution in [0.4, 0.5) is 14.5 Å². The molecule has 0 radical (unpaired) electrons. The fourth-order valence-electron chi connectivity index (χ4n) is 1.89. The van der Waals surface area contributed by atoms with Crippen molar-refractivity contribution in [2.24, 2.45) is 0 Å². The van der Waals surface area contributed by atoms with Crippen molar-refractivity contribution in [2.75, 3.05) is 12.8 Å². The number of methoxy groups -OCH3 is 1. The Bertz CT molecular complexity index is 629. The zero-order valence-electron chi connectivity index (χ0n) is 10.5. The summed E-state index contributed by atoms with van der Waals surface area (Å²) in [6.45, 7) is 0. The molecule has 0 saturated heterocycles. The van der Waals surface area contributed by atoms with Crippen molar-refractivity contribution < 1.29 is 18.3 Å². The van der Waals surface area contributed by atoms with E-state index in [1.165, 1.54) is 12.2 Å². The normalized spacial score (nSPS) is 17.8. The SMILES string of the molecule is COC(=O)c1nc(C2C=C(F)C=CC2)c(F)c(N)c1Cl. The van der Waals surface area contributed by atoms with Gasteiger partial charge in [0, 0.05) is 5.92 Å². The first-order chi connectivity index (χ1) is 9.45. The first-order valence-electron chi connectivity index (χ1n) is 5.72. The summed E-state index contributed by atoms with van der Waals surface area (Å²) in [6.07, 6.45) is 4.37. The van der Waals surface area contributed by atoms with Crippen LogP contribution in [-0.4, -0.2) is 18.1 Å². The first-order valence-corrected chi connectivity index (χ1v) is 6.10. The molecule has 1 atom stereocenters. The molecule has 0 bridgehead atoms. The van der Waals surface area contributed by atoms with Crippen LogP contribution >= 0.6 is 11.6 Å². The number of rotatable bonds is 2. The Labute approximate surface area is 118 Å². The van der Waals surface area contributed by atoms with Gasteiger partial charge in [0.1, 0.15) is 5.83 Å². The van der Waals surface area contributed by atoms with Crippen molar-refractivity contribution in [3.8, 4) is 0 Å². The average Bonchev–Trinajstić information content (AvgIpc) is 2.44. The lowest BCUT2D eigenvalue weighted by atomic mass is 9.95. The van der Waals surface area contributed by atoms with Crippen LogP contribution in [0.3, 0.4) is 0 Å². The molecule has 7 heteroatoms. The number of carbonyl (C=O) groups excluding carboxylic acids is 1. The molecule has 20 heavy (non-hydrogen) atoms. The summed E-state index contributed by atoms with van der Waals surface area (Å²) in [6, 6.07) is 0. The molecule has 0 spiro atoms. The molecule has 2 rings (SSSR count). The Morgan fingerprint density at radius 3 is 2.85 bits per heavy atom. The van der Waals surface area contributed by atoms with Crippen molar-refractivity contribution in [3.63, 3.8) is 0 Å². The van der Waals surface area contributed by atoms with Crippen LogP contribution in [0.1, 0.15) is 28.5 Å². The Morgan fingerprint density at radius 2 is 2.25 bits per heavy atom. The monoisotopic (exact) mass is 300 g/mol. The number of ether oxygens (including phenoxy) is 1. The summed E-state index contributed by atoms with van der Waals surface area (Å²) in [7, 11) is 1.14. The maximum Gasteiger partial charge on any atom is 0.358 e. The highest BCUT2D eigenvalue weighted by Crippen LogP contribution is 2.34. The minimum Gasteiger partial charge on any atom is -0.464 e. The molecule has 0 aliphatic heterocycles. The molecular weight excluding hydrogens is 290 g/mol. The highest BCUT2D eigenvalue weighted by atomic mass is 35.5. The van der Waals surface area contributed by atoms with E-state index >= 15 is 0 Å². The van der Waals surface area contributed by atoms with E-state index in [4.69, 9.17) is 17.3 Å². The maximum atomic E-state index is 14.1. The lowest BCUT2D eigenvalue weighted by Gasteiger charge is -2.17. The number of anilines is 1.